The van der Waals surface area contributed by atoms with Crippen LogP contribution in [0, 0.1) is 0 Å². The van der Waals surface area contributed by atoms with E-state index in [2.05, 4.69) is 22.5 Å². The zero-order valence-corrected chi connectivity index (χ0v) is 10.4. The minimum atomic E-state index is 0.771. The van der Waals surface area contributed by atoms with Gasteiger partial charge in [-0.25, -0.2) is 0 Å². The maximum absolute atomic E-state index is 5.65. The van der Waals surface area contributed by atoms with Crippen LogP contribution >= 0.6 is 15.9 Å². The summed E-state index contributed by atoms with van der Waals surface area (Å²) in [5.74, 6) is 0. The third kappa shape index (κ3) is 2.34. The number of rotatable bonds is 2. The van der Waals surface area contributed by atoms with Crippen LogP contribution in [0.5, 0.6) is 0 Å². The highest BCUT2D eigenvalue weighted by atomic mass is 79.9. The highest BCUT2D eigenvalue weighted by Crippen LogP contribution is 2.23. The van der Waals surface area contributed by atoms with Crippen molar-refractivity contribution < 1.29 is 0 Å². The minimum Gasteiger partial charge on any atom is -0.399 e. The fourth-order valence-corrected chi connectivity index (χ4v) is 1.77. The van der Waals surface area contributed by atoms with Crippen molar-refractivity contribution in [2.75, 3.05) is 5.73 Å². The third-order valence-corrected chi connectivity index (χ3v) is 2.98. The molecule has 0 aliphatic heterocycles. The van der Waals surface area contributed by atoms with Crippen LogP contribution in [0.15, 0.2) is 59.6 Å². The van der Waals surface area contributed by atoms with E-state index in [1.54, 1.807) is 0 Å². The molecule has 0 aliphatic rings. The van der Waals surface area contributed by atoms with Gasteiger partial charge in [0.25, 0.3) is 0 Å². The summed E-state index contributed by atoms with van der Waals surface area (Å²) in [5, 5.41) is 0. The quantitative estimate of drug-likeness (QED) is 0.820. The standard InChI is InChI=1S/C14H12BrN/c1-10(11-2-6-13(15)7-3-11)12-4-8-14(16)9-5-12/h2-9H,1,16H2. The second kappa shape index (κ2) is 4.54. The summed E-state index contributed by atoms with van der Waals surface area (Å²) in [4.78, 5) is 0. The molecule has 0 fully saturated rings. The monoisotopic (exact) mass is 273 g/mol. The molecule has 2 heteroatoms. The van der Waals surface area contributed by atoms with Crippen LogP contribution in [0.25, 0.3) is 5.57 Å². The number of hydrogen-bond acceptors (Lipinski definition) is 1. The van der Waals surface area contributed by atoms with Gasteiger partial charge in [-0.15, -0.1) is 0 Å². The Labute approximate surface area is 104 Å². The van der Waals surface area contributed by atoms with Crippen LogP contribution in [-0.4, -0.2) is 0 Å². The zero-order valence-electron chi connectivity index (χ0n) is 8.78. The first-order valence-corrected chi connectivity index (χ1v) is 5.77. The van der Waals surface area contributed by atoms with Crippen molar-refractivity contribution in [1.82, 2.24) is 0 Å². The molecular formula is C14H12BrN. The van der Waals surface area contributed by atoms with Crippen molar-refractivity contribution in [3.8, 4) is 0 Å². The lowest BCUT2D eigenvalue weighted by Crippen LogP contribution is -1.88. The molecule has 0 saturated carbocycles. The van der Waals surface area contributed by atoms with Gasteiger partial charge in [0.2, 0.25) is 0 Å². The van der Waals surface area contributed by atoms with E-state index in [0.29, 0.717) is 0 Å². The molecule has 0 amide bonds. The normalized spacial score (nSPS) is 10.1. The highest BCUT2D eigenvalue weighted by Gasteiger charge is 2.01. The molecule has 0 unspecified atom stereocenters. The third-order valence-electron chi connectivity index (χ3n) is 2.45. The summed E-state index contributed by atoms with van der Waals surface area (Å²) in [6.07, 6.45) is 0. The lowest BCUT2D eigenvalue weighted by atomic mass is 10.00. The molecular weight excluding hydrogens is 262 g/mol. The summed E-state index contributed by atoms with van der Waals surface area (Å²) < 4.78 is 1.07. The van der Waals surface area contributed by atoms with Crippen LogP contribution in [0.4, 0.5) is 5.69 Å². The summed E-state index contributed by atoms with van der Waals surface area (Å²) in [7, 11) is 0. The van der Waals surface area contributed by atoms with E-state index in [1.165, 1.54) is 0 Å². The van der Waals surface area contributed by atoms with Gasteiger partial charge >= 0.3 is 0 Å². The Morgan fingerprint density at radius 1 is 0.875 bits per heavy atom. The topological polar surface area (TPSA) is 26.0 Å². The molecule has 0 heterocycles. The Kier molecular flexibility index (Phi) is 3.11. The molecule has 1 nitrogen and oxygen atoms in total. The van der Waals surface area contributed by atoms with Gasteiger partial charge < -0.3 is 5.73 Å². The van der Waals surface area contributed by atoms with Gasteiger partial charge in [-0.3, -0.25) is 0 Å². The fraction of sp³-hybridized carbons (Fsp3) is 0. The van der Waals surface area contributed by atoms with Crippen LogP contribution in [-0.2, 0) is 0 Å². The Morgan fingerprint density at radius 3 is 1.81 bits per heavy atom. The number of nitrogens with two attached hydrogens (primary N) is 1. The Balaban J connectivity index is 2.32. The smallest absolute Gasteiger partial charge is 0.0314 e. The molecule has 0 radical (unpaired) electrons. The van der Waals surface area contributed by atoms with E-state index in [9.17, 15) is 0 Å². The molecule has 2 aromatic carbocycles. The molecule has 80 valence electrons. The van der Waals surface area contributed by atoms with Crippen LogP contribution in [0.2, 0.25) is 0 Å². The summed E-state index contributed by atoms with van der Waals surface area (Å²) in [5.41, 5.74) is 9.64. The first kappa shape index (κ1) is 11.0. The van der Waals surface area contributed by atoms with E-state index in [4.69, 9.17) is 5.73 Å². The average Bonchev–Trinajstić information content (AvgIpc) is 2.30. The molecule has 2 rings (SSSR count). The van der Waals surface area contributed by atoms with Crippen LogP contribution in [0.3, 0.4) is 0 Å². The maximum atomic E-state index is 5.65. The Hall–Kier alpha value is -1.54. The summed E-state index contributed by atoms with van der Waals surface area (Å²) in [6, 6.07) is 15.9. The summed E-state index contributed by atoms with van der Waals surface area (Å²) >= 11 is 3.41. The van der Waals surface area contributed by atoms with Crippen molar-refractivity contribution in [1.29, 1.82) is 0 Å². The van der Waals surface area contributed by atoms with Gasteiger partial charge in [-0.1, -0.05) is 46.8 Å². The molecule has 2 N–H and O–H groups in total. The zero-order chi connectivity index (χ0) is 11.5. The van der Waals surface area contributed by atoms with Gasteiger partial charge in [0.1, 0.15) is 0 Å². The first-order chi connectivity index (χ1) is 7.66. The van der Waals surface area contributed by atoms with Crippen molar-refractivity contribution in [3.05, 3.63) is 70.7 Å². The molecule has 16 heavy (non-hydrogen) atoms. The van der Waals surface area contributed by atoms with Gasteiger partial charge in [-0.2, -0.15) is 0 Å². The average molecular weight is 274 g/mol. The van der Waals surface area contributed by atoms with E-state index in [0.717, 1.165) is 26.9 Å². The first-order valence-electron chi connectivity index (χ1n) is 4.97. The highest BCUT2D eigenvalue weighted by molar-refractivity contribution is 9.10. The molecule has 0 bridgehead atoms. The van der Waals surface area contributed by atoms with Gasteiger partial charge in [0.05, 0.1) is 0 Å². The van der Waals surface area contributed by atoms with E-state index >= 15 is 0 Å². The number of hydrogen-bond donors (Lipinski definition) is 1. The Bertz CT molecular complexity index is 450. The van der Waals surface area contributed by atoms with Gasteiger partial charge in [0.15, 0.2) is 0 Å². The SMILES string of the molecule is C=C(c1ccc(N)cc1)c1ccc(Br)cc1. The molecule has 0 aliphatic carbocycles. The minimum absolute atomic E-state index is 0.771. The van der Waals surface area contributed by atoms with Crippen molar-refractivity contribution in [2.45, 2.75) is 0 Å². The van der Waals surface area contributed by atoms with Gasteiger partial charge in [-0.05, 0) is 41.0 Å². The van der Waals surface area contributed by atoms with Crippen molar-refractivity contribution in [3.63, 3.8) is 0 Å². The van der Waals surface area contributed by atoms with E-state index in [1.807, 2.05) is 48.5 Å². The van der Waals surface area contributed by atoms with Gasteiger partial charge in [0, 0.05) is 10.2 Å². The predicted octanol–water partition coefficient (Wildman–Crippen LogP) is 4.09. The molecule has 0 spiro atoms. The maximum Gasteiger partial charge on any atom is 0.0314 e. The van der Waals surface area contributed by atoms with Crippen molar-refractivity contribution in [2.24, 2.45) is 0 Å². The lowest BCUT2D eigenvalue weighted by Gasteiger charge is -2.06. The van der Waals surface area contributed by atoms with Crippen molar-refractivity contribution >= 4 is 27.2 Å². The number of benzene rings is 2. The molecule has 0 atom stereocenters. The van der Waals surface area contributed by atoms with Crippen LogP contribution < -0.4 is 5.73 Å². The number of nitrogen functional groups attached to an aromatic ring is 1. The van der Waals surface area contributed by atoms with Crippen LogP contribution in [0.1, 0.15) is 11.1 Å². The number of halogens is 1. The predicted molar refractivity (Wildman–Crippen MR) is 73.1 cm³/mol. The number of anilines is 1. The second-order valence-corrected chi connectivity index (χ2v) is 4.52. The fourth-order valence-electron chi connectivity index (χ4n) is 1.50. The van der Waals surface area contributed by atoms with E-state index < -0.39 is 0 Å². The van der Waals surface area contributed by atoms with E-state index in [-0.39, 0.29) is 0 Å². The molecule has 2 aromatic rings. The lowest BCUT2D eigenvalue weighted by molar-refractivity contribution is 1.54. The Morgan fingerprint density at radius 2 is 1.31 bits per heavy atom. The second-order valence-electron chi connectivity index (χ2n) is 3.61. The largest absolute Gasteiger partial charge is 0.399 e. The molecule has 0 aromatic heterocycles. The molecule has 0 saturated heterocycles. The summed E-state index contributed by atoms with van der Waals surface area (Å²) in [6.45, 7) is 4.10.